The Hall–Kier alpha value is -2.35. The third kappa shape index (κ3) is 5.20. The molecule has 2 heterocycles. The number of benzene rings is 2. The zero-order valence-corrected chi connectivity index (χ0v) is 21.6. The zero-order chi connectivity index (χ0) is 24.9. The van der Waals surface area contributed by atoms with Gasteiger partial charge in [0.05, 0.1) is 26.4 Å². The Morgan fingerprint density at radius 3 is 1.94 bits per heavy atom. The summed E-state index contributed by atoms with van der Waals surface area (Å²) in [4.78, 5) is 28.1. The maximum atomic E-state index is 13.4. The Morgan fingerprint density at radius 1 is 0.750 bits per heavy atom. The summed E-state index contributed by atoms with van der Waals surface area (Å²) in [7, 11) is 0. The van der Waals surface area contributed by atoms with Gasteiger partial charge in [-0.2, -0.15) is 0 Å². The van der Waals surface area contributed by atoms with Crippen LogP contribution in [0.4, 0.5) is 11.4 Å². The molecule has 1 aliphatic carbocycles. The van der Waals surface area contributed by atoms with E-state index < -0.39 is 0 Å². The van der Waals surface area contributed by atoms with Crippen molar-refractivity contribution in [2.75, 3.05) is 49.5 Å². The molecular formula is C28H36ClN3O4. The van der Waals surface area contributed by atoms with Crippen LogP contribution in [0.25, 0.3) is 10.8 Å². The molecule has 2 aliphatic heterocycles. The molecule has 2 aromatic rings. The number of carbonyl (C=O) groups excluding carboxylic acids is 2. The molecule has 0 bridgehead atoms. The maximum Gasteiger partial charge on any atom is 0.261 e. The van der Waals surface area contributed by atoms with E-state index >= 15 is 0 Å². The lowest BCUT2D eigenvalue weighted by Crippen LogP contribution is -2.42. The van der Waals surface area contributed by atoms with E-state index in [-0.39, 0.29) is 25.0 Å². The molecule has 2 unspecified atom stereocenters. The van der Waals surface area contributed by atoms with Crippen molar-refractivity contribution in [3.8, 4) is 0 Å². The lowest BCUT2D eigenvalue weighted by atomic mass is 9.90. The molecule has 0 spiro atoms. The predicted molar refractivity (Wildman–Crippen MR) is 143 cm³/mol. The van der Waals surface area contributed by atoms with Crippen molar-refractivity contribution >= 4 is 45.6 Å². The van der Waals surface area contributed by atoms with Crippen LogP contribution in [-0.2, 0) is 9.47 Å². The molecular weight excluding hydrogens is 478 g/mol. The zero-order valence-electron chi connectivity index (χ0n) is 20.8. The van der Waals surface area contributed by atoms with Crippen LogP contribution in [-0.4, -0.2) is 67.7 Å². The molecule has 5 rings (SSSR count). The first-order chi connectivity index (χ1) is 17.7. The summed E-state index contributed by atoms with van der Waals surface area (Å²) in [5.74, 6) is 0.207. The number of anilines is 2. The first-order valence-corrected chi connectivity index (χ1v) is 13.9. The van der Waals surface area contributed by atoms with Crippen molar-refractivity contribution in [2.24, 2.45) is 0 Å². The van der Waals surface area contributed by atoms with Gasteiger partial charge < -0.3 is 20.1 Å². The molecule has 8 heteroatoms. The molecule has 0 aromatic heterocycles. The number of alkyl halides is 1. The van der Waals surface area contributed by atoms with Gasteiger partial charge in [-0.25, -0.2) is 0 Å². The number of nitrogens with one attached hydrogen (secondary N) is 2. The van der Waals surface area contributed by atoms with Gasteiger partial charge in [0.25, 0.3) is 11.8 Å². The molecule has 7 nitrogen and oxygen atoms in total. The highest BCUT2D eigenvalue weighted by atomic mass is 35.5. The van der Waals surface area contributed by atoms with Crippen molar-refractivity contribution in [2.45, 2.75) is 63.5 Å². The quantitative estimate of drug-likeness (QED) is 0.224. The molecule has 2 atom stereocenters. The number of hydrogen-bond donors (Lipinski definition) is 2. The van der Waals surface area contributed by atoms with Crippen LogP contribution in [0.1, 0.15) is 72.1 Å². The van der Waals surface area contributed by atoms with Crippen LogP contribution in [0, 0.1) is 0 Å². The van der Waals surface area contributed by atoms with E-state index in [4.69, 9.17) is 21.1 Å². The average molecular weight is 514 g/mol. The summed E-state index contributed by atoms with van der Waals surface area (Å²) in [6.07, 6.45) is 9.00. The monoisotopic (exact) mass is 513 g/mol. The Morgan fingerprint density at radius 2 is 1.33 bits per heavy atom. The third-order valence-electron chi connectivity index (χ3n) is 7.56. The van der Waals surface area contributed by atoms with E-state index in [1.807, 2.05) is 24.3 Å². The second kappa shape index (κ2) is 11.8. The van der Waals surface area contributed by atoms with Gasteiger partial charge in [-0.3, -0.25) is 14.5 Å². The summed E-state index contributed by atoms with van der Waals surface area (Å²) in [5, 5.41) is 9.13. The maximum absolute atomic E-state index is 13.4. The van der Waals surface area contributed by atoms with E-state index in [2.05, 4.69) is 10.6 Å². The number of imide groups is 1. The SMILES string of the molecule is O=C1c2ccc3c4c(ccc(c24)C(=O)N1CCOCCOCCCCCCCl)NC1CCCCC1N3. The lowest BCUT2D eigenvalue weighted by molar-refractivity contribution is 0.0330. The van der Waals surface area contributed by atoms with E-state index in [9.17, 15) is 9.59 Å². The van der Waals surface area contributed by atoms with Gasteiger partial charge in [-0.05, 0) is 49.9 Å². The molecule has 36 heavy (non-hydrogen) atoms. The first-order valence-electron chi connectivity index (χ1n) is 13.4. The summed E-state index contributed by atoms with van der Waals surface area (Å²) < 4.78 is 11.3. The number of amides is 2. The Balaban J connectivity index is 1.20. The molecule has 194 valence electrons. The number of halogens is 1. The fourth-order valence-corrected chi connectivity index (χ4v) is 5.87. The third-order valence-corrected chi connectivity index (χ3v) is 7.83. The van der Waals surface area contributed by atoms with E-state index in [1.54, 1.807) is 0 Å². The minimum Gasteiger partial charge on any atom is -0.380 e. The summed E-state index contributed by atoms with van der Waals surface area (Å²) in [6, 6.07) is 8.44. The summed E-state index contributed by atoms with van der Waals surface area (Å²) >= 11 is 5.68. The Bertz CT molecular complexity index is 1040. The molecule has 2 aromatic carbocycles. The minimum atomic E-state index is -0.255. The van der Waals surface area contributed by atoms with Gasteiger partial charge in [0.2, 0.25) is 0 Å². The Kier molecular flexibility index (Phi) is 8.29. The normalized spacial score (nSPS) is 20.6. The number of carbonyl (C=O) groups is 2. The van der Waals surface area contributed by atoms with Gasteiger partial charge in [-0.15, -0.1) is 11.6 Å². The second-order valence-electron chi connectivity index (χ2n) is 9.95. The molecule has 1 fully saturated rings. The van der Waals surface area contributed by atoms with Crippen molar-refractivity contribution in [1.82, 2.24) is 4.90 Å². The molecule has 2 amide bonds. The van der Waals surface area contributed by atoms with Gasteiger partial charge >= 0.3 is 0 Å². The van der Waals surface area contributed by atoms with E-state index in [0.717, 1.165) is 66.6 Å². The highest BCUT2D eigenvalue weighted by molar-refractivity contribution is 6.28. The molecule has 1 saturated carbocycles. The highest BCUT2D eigenvalue weighted by Crippen LogP contribution is 2.42. The van der Waals surface area contributed by atoms with Crippen LogP contribution < -0.4 is 10.6 Å². The molecule has 0 saturated heterocycles. The number of rotatable bonds is 12. The van der Waals surface area contributed by atoms with Gasteiger partial charge in [-0.1, -0.05) is 25.7 Å². The minimum absolute atomic E-state index is 0.223. The van der Waals surface area contributed by atoms with Crippen LogP contribution in [0.2, 0.25) is 0 Å². The standard InChI is InChI=1S/C28H36ClN3O4/c29-13-5-1-2-6-15-35-17-18-36-16-14-32-27(33)19-9-11-23-26-24(12-10-20(25(19)26)28(32)34)31-22-8-4-3-7-21(22)30-23/h9-12,21-22,30-31H,1-8,13-18H2. The molecule has 3 aliphatic rings. The van der Waals surface area contributed by atoms with Crippen molar-refractivity contribution in [3.63, 3.8) is 0 Å². The summed E-state index contributed by atoms with van der Waals surface area (Å²) in [6.45, 7) is 2.17. The fraction of sp³-hybridized carbons (Fsp3) is 0.571. The average Bonchev–Trinajstić information content (AvgIpc) is 3.06. The first kappa shape index (κ1) is 25.3. The number of hydrogen-bond acceptors (Lipinski definition) is 6. The smallest absolute Gasteiger partial charge is 0.261 e. The number of fused-ring (bicyclic) bond motifs is 1. The van der Waals surface area contributed by atoms with Crippen molar-refractivity contribution in [1.29, 1.82) is 0 Å². The van der Waals surface area contributed by atoms with Crippen LogP contribution in [0.15, 0.2) is 24.3 Å². The number of ether oxygens (including phenoxy) is 2. The highest BCUT2D eigenvalue weighted by Gasteiger charge is 2.36. The van der Waals surface area contributed by atoms with Crippen molar-refractivity contribution in [3.05, 3.63) is 35.4 Å². The molecule has 0 radical (unpaired) electrons. The van der Waals surface area contributed by atoms with Gasteiger partial charge in [0, 0.05) is 57.8 Å². The van der Waals surface area contributed by atoms with Gasteiger partial charge in [0.15, 0.2) is 0 Å². The lowest BCUT2D eigenvalue weighted by Gasteiger charge is -2.32. The van der Waals surface area contributed by atoms with Crippen LogP contribution in [0.3, 0.4) is 0 Å². The Labute approximate surface area is 217 Å². The van der Waals surface area contributed by atoms with E-state index in [0.29, 0.717) is 43.0 Å². The number of unbranched alkanes of at least 4 members (excludes halogenated alkanes) is 3. The molecule has 2 N–H and O–H groups in total. The van der Waals surface area contributed by atoms with Crippen LogP contribution >= 0.6 is 11.6 Å². The predicted octanol–water partition coefficient (Wildman–Crippen LogP) is 5.42. The fourth-order valence-electron chi connectivity index (χ4n) is 5.68. The second-order valence-corrected chi connectivity index (χ2v) is 10.3. The van der Waals surface area contributed by atoms with E-state index in [1.165, 1.54) is 17.7 Å². The van der Waals surface area contributed by atoms with Crippen molar-refractivity contribution < 1.29 is 19.1 Å². The number of nitrogens with zero attached hydrogens (tertiary/aromatic N) is 1. The van der Waals surface area contributed by atoms with Crippen LogP contribution in [0.5, 0.6) is 0 Å². The topological polar surface area (TPSA) is 79.9 Å². The van der Waals surface area contributed by atoms with Gasteiger partial charge in [0.1, 0.15) is 0 Å². The largest absolute Gasteiger partial charge is 0.380 e. The summed E-state index contributed by atoms with van der Waals surface area (Å²) in [5.41, 5.74) is 3.17.